The molecule has 1 heterocycles. The lowest BCUT2D eigenvalue weighted by molar-refractivity contribution is 0.0526. The predicted molar refractivity (Wildman–Crippen MR) is 130 cm³/mol. The first-order valence-corrected chi connectivity index (χ1v) is 12.6. The Balaban J connectivity index is 1.54. The molecule has 2 aromatic carbocycles. The van der Waals surface area contributed by atoms with E-state index in [4.69, 9.17) is 9.15 Å². The molecule has 1 aromatic heterocycles. The number of fused-ring (bicyclic) bond motifs is 1. The average Bonchev–Trinajstić information content (AvgIpc) is 3.21. The van der Waals surface area contributed by atoms with Crippen molar-refractivity contribution in [3.63, 3.8) is 0 Å². The molecule has 0 unspecified atom stereocenters. The van der Waals surface area contributed by atoms with Crippen molar-refractivity contribution in [2.24, 2.45) is 5.10 Å². The number of nitrogens with one attached hydrogen (secondary N) is 2. The number of furan rings is 1. The summed E-state index contributed by atoms with van der Waals surface area (Å²) >= 11 is 0. The maximum Gasteiger partial charge on any atom is 0.338 e. The fourth-order valence-corrected chi connectivity index (χ4v) is 4.71. The van der Waals surface area contributed by atoms with Crippen LogP contribution in [0.1, 0.15) is 57.6 Å². The standard InChI is InChI=1S/C25H25N3O6S/c1-3-33-25(30)17-12-14-18(15-13-17)26-24(29)23-16(2)22-20(10-7-11-21(22)34-23)27-28-35(31,32)19-8-5-4-6-9-19/h4-6,8-9,12-15,28H,3,7,10-11H2,1-2H3,(H,26,29)/b27-20+. The first-order chi connectivity index (χ1) is 16.8. The highest BCUT2D eigenvalue weighted by Crippen LogP contribution is 2.30. The maximum atomic E-state index is 12.9. The molecule has 2 N–H and O–H groups in total. The van der Waals surface area contributed by atoms with Gasteiger partial charge in [0.1, 0.15) is 5.76 Å². The van der Waals surface area contributed by atoms with Crippen LogP contribution < -0.4 is 10.1 Å². The predicted octanol–water partition coefficient (Wildman–Crippen LogP) is 4.04. The van der Waals surface area contributed by atoms with E-state index in [0.29, 0.717) is 53.1 Å². The normalized spacial score (nSPS) is 14.3. The van der Waals surface area contributed by atoms with Crippen LogP contribution in [-0.2, 0) is 21.2 Å². The SMILES string of the molecule is CCOC(=O)c1ccc(NC(=O)c2oc3c(c2C)/C(=N/NS(=O)(=O)c2ccccc2)CCC3)cc1. The number of nitrogens with zero attached hydrogens (tertiary/aromatic N) is 1. The van der Waals surface area contributed by atoms with Crippen molar-refractivity contribution < 1.29 is 27.2 Å². The van der Waals surface area contributed by atoms with Crippen LogP contribution in [0, 0.1) is 6.92 Å². The lowest BCUT2D eigenvalue weighted by Gasteiger charge is -2.14. The summed E-state index contributed by atoms with van der Waals surface area (Å²) in [5, 5.41) is 6.94. The first-order valence-electron chi connectivity index (χ1n) is 11.1. The molecule has 35 heavy (non-hydrogen) atoms. The number of rotatable bonds is 7. The van der Waals surface area contributed by atoms with Gasteiger partial charge in [0.15, 0.2) is 5.76 Å². The van der Waals surface area contributed by atoms with E-state index in [-0.39, 0.29) is 17.3 Å². The molecule has 0 atom stereocenters. The van der Waals surface area contributed by atoms with Crippen molar-refractivity contribution in [2.45, 2.75) is 38.0 Å². The highest BCUT2D eigenvalue weighted by molar-refractivity contribution is 7.89. The van der Waals surface area contributed by atoms with Gasteiger partial charge in [0.05, 0.1) is 22.8 Å². The van der Waals surface area contributed by atoms with Gasteiger partial charge in [-0.15, -0.1) is 0 Å². The van der Waals surface area contributed by atoms with E-state index < -0.39 is 21.9 Å². The van der Waals surface area contributed by atoms with Crippen molar-refractivity contribution in [3.05, 3.63) is 82.8 Å². The number of amides is 1. The number of sulfonamides is 1. The Labute approximate surface area is 203 Å². The molecule has 0 fully saturated rings. The van der Waals surface area contributed by atoms with E-state index in [9.17, 15) is 18.0 Å². The number of hydrogen-bond donors (Lipinski definition) is 2. The second kappa shape index (κ2) is 10.1. The molecule has 0 radical (unpaired) electrons. The molecule has 182 valence electrons. The number of carbonyl (C=O) groups excluding carboxylic acids is 2. The van der Waals surface area contributed by atoms with E-state index in [1.807, 2.05) is 0 Å². The van der Waals surface area contributed by atoms with E-state index in [1.54, 1.807) is 56.3 Å². The van der Waals surface area contributed by atoms with Gasteiger partial charge in [-0.25, -0.2) is 4.79 Å². The van der Waals surface area contributed by atoms with Crippen LogP contribution in [-0.4, -0.2) is 32.6 Å². The number of ether oxygens (including phenoxy) is 1. The highest BCUT2D eigenvalue weighted by Gasteiger charge is 2.28. The van der Waals surface area contributed by atoms with Crippen molar-refractivity contribution in [2.75, 3.05) is 11.9 Å². The van der Waals surface area contributed by atoms with Crippen LogP contribution in [0.25, 0.3) is 0 Å². The molecule has 0 saturated heterocycles. The fourth-order valence-electron chi connectivity index (χ4n) is 3.86. The van der Waals surface area contributed by atoms with Crippen LogP contribution in [0.3, 0.4) is 0 Å². The number of anilines is 1. The van der Waals surface area contributed by atoms with E-state index in [2.05, 4.69) is 15.2 Å². The lowest BCUT2D eigenvalue weighted by atomic mass is 9.93. The topological polar surface area (TPSA) is 127 Å². The zero-order valence-electron chi connectivity index (χ0n) is 19.3. The minimum Gasteiger partial charge on any atom is -0.462 e. The largest absolute Gasteiger partial charge is 0.462 e. The second-order valence-electron chi connectivity index (χ2n) is 7.93. The summed E-state index contributed by atoms with van der Waals surface area (Å²) < 4.78 is 35.9. The highest BCUT2D eigenvalue weighted by atomic mass is 32.2. The van der Waals surface area contributed by atoms with Gasteiger partial charge in [0.2, 0.25) is 0 Å². The van der Waals surface area contributed by atoms with E-state index in [1.165, 1.54) is 12.1 Å². The number of carbonyl (C=O) groups is 2. The zero-order chi connectivity index (χ0) is 25.0. The molecule has 3 aromatic rings. The summed E-state index contributed by atoms with van der Waals surface area (Å²) in [6, 6.07) is 14.3. The molecule has 1 aliphatic carbocycles. The fraction of sp³-hybridized carbons (Fsp3) is 0.240. The van der Waals surface area contributed by atoms with Gasteiger partial charge < -0.3 is 14.5 Å². The van der Waals surface area contributed by atoms with Gasteiger partial charge in [-0.2, -0.15) is 18.4 Å². The third-order valence-electron chi connectivity index (χ3n) is 5.54. The molecule has 10 heteroatoms. The minimum absolute atomic E-state index is 0.110. The number of hydrogen-bond acceptors (Lipinski definition) is 7. The smallest absolute Gasteiger partial charge is 0.338 e. The van der Waals surface area contributed by atoms with E-state index in [0.717, 1.165) is 0 Å². The summed E-state index contributed by atoms with van der Waals surface area (Å²) in [6.45, 7) is 3.75. The molecule has 1 amide bonds. The van der Waals surface area contributed by atoms with Crippen molar-refractivity contribution >= 4 is 33.3 Å². The molecule has 0 aliphatic heterocycles. The maximum absolute atomic E-state index is 12.9. The Hall–Kier alpha value is -3.92. The molecule has 0 saturated carbocycles. The van der Waals surface area contributed by atoms with Gasteiger partial charge in [0.25, 0.3) is 15.9 Å². The number of aryl methyl sites for hydroxylation is 1. The van der Waals surface area contributed by atoms with Crippen LogP contribution in [0.5, 0.6) is 0 Å². The number of esters is 1. The zero-order valence-corrected chi connectivity index (χ0v) is 20.1. The minimum atomic E-state index is -3.82. The molecule has 4 rings (SSSR count). The first kappa shape index (κ1) is 24.2. The summed E-state index contributed by atoms with van der Waals surface area (Å²) in [5.41, 5.74) is 2.62. The summed E-state index contributed by atoms with van der Waals surface area (Å²) in [7, 11) is -3.82. The molecular formula is C25H25N3O6S. The van der Waals surface area contributed by atoms with Crippen LogP contribution in [0.2, 0.25) is 0 Å². The van der Waals surface area contributed by atoms with Crippen molar-refractivity contribution in [1.29, 1.82) is 0 Å². The van der Waals surface area contributed by atoms with Crippen LogP contribution in [0.15, 0.2) is 69.0 Å². The van der Waals surface area contributed by atoms with Crippen molar-refractivity contribution in [3.8, 4) is 0 Å². The third-order valence-corrected chi connectivity index (χ3v) is 6.76. The van der Waals surface area contributed by atoms with Crippen LogP contribution in [0.4, 0.5) is 5.69 Å². The number of hydrazone groups is 1. The van der Waals surface area contributed by atoms with Crippen molar-refractivity contribution in [1.82, 2.24) is 4.83 Å². The Bertz CT molecular complexity index is 1380. The van der Waals surface area contributed by atoms with Crippen LogP contribution >= 0.6 is 0 Å². The Morgan fingerprint density at radius 2 is 1.77 bits per heavy atom. The van der Waals surface area contributed by atoms with Gasteiger partial charge in [-0.05, 0) is 63.1 Å². The lowest BCUT2D eigenvalue weighted by Crippen LogP contribution is -2.22. The number of benzene rings is 2. The summed E-state index contributed by atoms with van der Waals surface area (Å²) in [4.78, 5) is 27.1. The molecule has 9 nitrogen and oxygen atoms in total. The van der Waals surface area contributed by atoms with Gasteiger partial charge in [0, 0.05) is 23.2 Å². The van der Waals surface area contributed by atoms with E-state index >= 15 is 0 Å². The average molecular weight is 496 g/mol. The second-order valence-corrected chi connectivity index (χ2v) is 9.59. The molecule has 0 bridgehead atoms. The van der Waals surface area contributed by atoms with Gasteiger partial charge >= 0.3 is 5.97 Å². The quantitative estimate of drug-likeness (QED) is 0.376. The Kier molecular flexibility index (Phi) is 7.02. The Morgan fingerprint density at radius 1 is 1.06 bits per heavy atom. The summed E-state index contributed by atoms with van der Waals surface area (Å²) in [6.07, 6.45) is 1.87. The summed E-state index contributed by atoms with van der Waals surface area (Å²) in [5.74, 6) is -0.168. The molecular weight excluding hydrogens is 470 g/mol. The molecule has 1 aliphatic rings. The Morgan fingerprint density at radius 3 is 2.46 bits per heavy atom. The van der Waals surface area contributed by atoms with Gasteiger partial charge in [-0.3, -0.25) is 4.79 Å². The monoisotopic (exact) mass is 495 g/mol. The van der Waals surface area contributed by atoms with Gasteiger partial charge in [-0.1, -0.05) is 18.2 Å². The molecule has 0 spiro atoms. The third kappa shape index (κ3) is 5.27.